The van der Waals surface area contributed by atoms with E-state index in [0.717, 1.165) is 38.4 Å². The molecule has 4 rings (SSSR count). The lowest BCUT2D eigenvalue weighted by molar-refractivity contribution is -0.0411. The van der Waals surface area contributed by atoms with Crippen molar-refractivity contribution in [3.8, 4) is 0 Å². The van der Waals surface area contributed by atoms with Gasteiger partial charge in [-0.25, -0.2) is 9.97 Å². The summed E-state index contributed by atoms with van der Waals surface area (Å²) in [5.74, 6) is 0.835. The number of thiophene rings is 1. The number of aromatic amines is 1. The van der Waals surface area contributed by atoms with E-state index in [1.807, 2.05) is 6.92 Å². The number of aryl methyl sites for hydroxylation is 1. The molecular formula is C15H15N3OS2. The first-order valence-electron chi connectivity index (χ1n) is 6.89. The topological polar surface area (TPSA) is 50.8 Å². The highest BCUT2D eigenvalue weighted by Crippen LogP contribution is 2.35. The van der Waals surface area contributed by atoms with Gasteiger partial charge in [0.2, 0.25) is 0 Å². The smallest absolute Gasteiger partial charge is 0.147 e. The summed E-state index contributed by atoms with van der Waals surface area (Å²) in [6, 6.07) is 2.19. The molecule has 4 nitrogen and oxygen atoms in total. The van der Waals surface area contributed by atoms with E-state index in [0.29, 0.717) is 11.2 Å². The molecule has 1 aliphatic rings. The van der Waals surface area contributed by atoms with Crippen molar-refractivity contribution in [1.82, 2.24) is 15.0 Å². The van der Waals surface area contributed by atoms with Crippen LogP contribution >= 0.6 is 23.6 Å². The molecule has 6 heteroatoms. The van der Waals surface area contributed by atoms with Crippen LogP contribution in [0.15, 0.2) is 6.07 Å². The number of ether oxygens (including phenoxy) is 1. The third-order valence-electron chi connectivity index (χ3n) is 3.83. The van der Waals surface area contributed by atoms with Gasteiger partial charge in [-0.3, -0.25) is 0 Å². The Kier molecular flexibility index (Phi) is 2.73. The molecule has 21 heavy (non-hydrogen) atoms. The van der Waals surface area contributed by atoms with E-state index in [1.165, 1.54) is 5.56 Å². The van der Waals surface area contributed by atoms with Crippen LogP contribution in [0.5, 0.6) is 0 Å². The number of aromatic nitrogens is 3. The van der Waals surface area contributed by atoms with Crippen molar-refractivity contribution >= 4 is 44.0 Å². The molecule has 0 unspecified atom stereocenters. The highest BCUT2D eigenvalue weighted by molar-refractivity contribution is 7.71. The zero-order chi connectivity index (χ0) is 14.8. The van der Waals surface area contributed by atoms with Crippen LogP contribution in [0.3, 0.4) is 0 Å². The quantitative estimate of drug-likeness (QED) is 0.635. The molecule has 0 saturated carbocycles. The highest BCUT2D eigenvalue weighted by Gasteiger charge is 2.28. The first-order valence-corrected chi connectivity index (χ1v) is 8.11. The Morgan fingerprint density at radius 1 is 1.38 bits per heavy atom. The molecule has 0 amide bonds. The van der Waals surface area contributed by atoms with Crippen LogP contribution in [0, 0.1) is 11.6 Å². The van der Waals surface area contributed by atoms with Crippen molar-refractivity contribution in [3.63, 3.8) is 0 Å². The van der Waals surface area contributed by atoms with Crippen molar-refractivity contribution in [2.45, 2.75) is 39.4 Å². The molecule has 0 bridgehead atoms. The number of pyridine rings is 1. The van der Waals surface area contributed by atoms with E-state index in [2.05, 4.69) is 29.9 Å². The molecule has 0 atom stereocenters. The van der Waals surface area contributed by atoms with Gasteiger partial charge in [0.15, 0.2) is 0 Å². The molecule has 0 fully saturated rings. The van der Waals surface area contributed by atoms with E-state index in [-0.39, 0.29) is 5.60 Å². The maximum atomic E-state index is 5.90. The van der Waals surface area contributed by atoms with Crippen molar-refractivity contribution < 1.29 is 4.74 Å². The largest absolute Gasteiger partial charge is 0.370 e. The third-order valence-corrected chi connectivity index (χ3v) is 5.36. The van der Waals surface area contributed by atoms with E-state index in [9.17, 15) is 0 Å². The summed E-state index contributed by atoms with van der Waals surface area (Å²) in [4.78, 5) is 13.6. The minimum Gasteiger partial charge on any atom is -0.370 e. The van der Waals surface area contributed by atoms with Gasteiger partial charge in [0, 0.05) is 17.4 Å². The minimum absolute atomic E-state index is 0.141. The first kappa shape index (κ1) is 13.3. The standard InChI is InChI=1S/C15H15N3OS2/c1-7-16-11-9-4-8-6-19-15(2,3)5-10(8)18-14(9)21-12(11)13(20)17-7/h4H,5-6H2,1-3H3,(H,16,17,20). The van der Waals surface area contributed by atoms with Crippen LogP contribution in [-0.4, -0.2) is 20.6 Å². The Hall–Kier alpha value is -1.37. The molecule has 108 valence electrons. The van der Waals surface area contributed by atoms with Crippen molar-refractivity contribution in [2.24, 2.45) is 0 Å². The van der Waals surface area contributed by atoms with Crippen LogP contribution in [-0.2, 0) is 17.8 Å². The van der Waals surface area contributed by atoms with Gasteiger partial charge in [0.1, 0.15) is 15.3 Å². The van der Waals surface area contributed by atoms with Crippen molar-refractivity contribution in [2.75, 3.05) is 0 Å². The zero-order valence-corrected chi connectivity index (χ0v) is 13.7. The molecule has 1 aliphatic heterocycles. The lowest BCUT2D eigenvalue weighted by Crippen LogP contribution is -2.32. The molecule has 4 heterocycles. The van der Waals surface area contributed by atoms with Gasteiger partial charge in [-0.15, -0.1) is 11.3 Å². The van der Waals surface area contributed by atoms with Crippen LogP contribution < -0.4 is 0 Å². The average molecular weight is 317 g/mol. The molecule has 0 radical (unpaired) electrons. The van der Waals surface area contributed by atoms with Gasteiger partial charge in [-0.05, 0) is 26.8 Å². The Bertz CT molecular complexity index is 939. The second kappa shape index (κ2) is 4.32. The van der Waals surface area contributed by atoms with E-state index >= 15 is 0 Å². The SMILES string of the molecule is Cc1nc(=S)c2sc3nc4c(cc3c2[nH]1)COC(C)(C)C4. The molecule has 3 aromatic rings. The Morgan fingerprint density at radius 3 is 3.00 bits per heavy atom. The number of nitrogens with zero attached hydrogens (tertiary/aromatic N) is 2. The van der Waals surface area contributed by atoms with Gasteiger partial charge in [-0.2, -0.15) is 0 Å². The second-order valence-electron chi connectivity index (χ2n) is 6.11. The fourth-order valence-electron chi connectivity index (χ4n) is 2.79. The number of hydrogen-bond donors (Lipinski definition) is 1. The van der Waals surface area contributed by atoms with Gasteiger partial charge >= 0.3 is 0 Å². The van der Waals surface area contributed by atoms with Gasteiger partial charge in [0.05, 0.1) is 28.1 Å². The van der Waals surface area contributed by atoms with Gasteiger partial charge in [-0.1, -0.05) is 12.2 Å². The zero-order valence-electron chi connectivity index (χ0n) is 12.1. The Labute approximate surface area is 131 Å². The Balaban J connectivity index is 2.05. The number of fused-ring (bicyclic) bond motifs is 4. The normalized spacial score (nSPS) is 17.3. The number of H-pyrrole nitrogens is 1. The Morgan fingerprint density at radius 2 is 2.19 bits per heavy atom. The highest BCUT2D eigenvalue weighted by atomic mass is 32.1. The molecule has 3 aromatic heterocycles. The average Bonchev–Trinajstić information content (AvgIpc) is 2.73. The monoisotopic (exact) mass is 317 g/mol. The summed E-state index contributed by atoms with van der Waals surface area (Å²) in [7, 11) is 0. The summed E-state index contributed by atoms with van der Waals surface area (Å²) >= 11 is 7.00. The fraction of sp³-hybridized carbons (Fsp3) is 0.400. The maximum absolute atomic E-state index is 5.90. The van der Waals surface area contributed by atoms with Gasteiger partial charge < -0.3 is 9.72 Å². The number of nitrogens with one attached hydrogen (secondary N) is 1. The van der Waals surface area contributed by atoms with Crippen LogP contribution in [0.2, 0.25) is 0 Å². The number of hydrogen-bond acceptors (Lipinski definition) is 5. The summed E-state index contributed by atoms with van der Waals surface area (Å²) < 4.78 is 7.56. The summed E-state index contributed by atoms with van der Waals surface area (Å²) in [6.45, 7) is 6.76. The van der Waals surface area contributed by atoms with Crippen LogP contribution in [0.4, 0.5) is 0 Å². The predicted octanol–water partition coefficient (Wildman–Crippen LogP) is 4.06. The summed E-state index contributed by atoms with van der Waals surface area (Å²) in [5.41, 5.74) is 3.22. The lowest BCUT2D eigenvalue weighted by Gasteiger charge is -2.30. The third kappa shape index (κ3) is 2.09. The maximum Gasteiger partial charge on any atom is 0.147 e. The molecular weight excluding hydrogens is 302 g/mol. The molecule has 0 aliphatic carbocycles. The van der Waals surface area contributed by atoms with Crippen LogP contribution in [0.25, 0.3) is 20.4 Å². The van der Waals surface area contributed by atoms with E-state index in [1.54, 1.807) is 11.3 Å². The van der Waals surface area contributed by atoms with Crippen molar-refractivity contribution in [1.29, 1.82) is 0 Å². The fourth-order valence-corrected chi connectivity index (χ4v) is 4.17. The first-order chi connectivity index (χ1) is 9.93. The molecule has 0 spiro atoms. The summed E-state index contributed by atoms with van der Waals surface area (Å²) in [5, 5.41) is 1.12. The number of rotatable bonds is 0. The van der Waals surface area contributed by atoms with Crippen LogP contribution in [0.1, 0.15) is 30.9 Å². The van der Waals surface area contributed by atoms with E-state index < -0.39 is 0 Å². The van der Waals surface area contributed by atoms with Crippen molar-refractivity contribution in [3.05, 3.63) is 27.8 Å². The second-order valence-corrected chi connectivity index (χ2v) is 7.49. The van der Waals surface area contributed by atoms with E-state index in [4.69, 9.17) is 21.9 Å². The minimum atomic E-state index is -0.141. The molecule has 0 saturated heterocycles. The molecule has 0 aromatic carbocycles. The predicted molar refractivity (Wildman–Crippen MR) is 87.4 cm³/mol. The molecule has 1 N–H and O–H groups in total. The van der Waals surface area contributed by atoms with Gasteiger partial charge in [0.25, 0.3) is 0 Å². The lowest BCUT2D eigenvalue weighted by atomic mass is 9.95. The summed E-state index contributed by atoms with van der Waals surface area (Å²) in [6.07, 6.45) is 0.842.